The minimum absolute atomic E-state index is 0.247. The summed E-state index contributed by atoms with van der Waals surface area (Å²) in [4.78, 5) is 23.5. The van der Waals surface area contributed by atoms with Crippen LogP contribution in [0.25, 0.3) is 17.0 Å². The molecule has 4 heteroatoms. The second kappa shape index (κ2) is 3.84. The summed E-state index contributed by atoms with van der Waals surface area (Å²) in [7, 11) is 0. The zero-order valence-electron chi connectivity index (χ0n) is 9.42. The number of hydrogen-bond donors (Lipinski definition) is 1. The van der Waals surface area contributed by atoms with E-state index in [0.717, 1.165) is 0 Å². The van der Waals surface area contributed by atoms with E-state index >= 15 is 0 Å². The van der Waals surface area contributed by atoms with Gasteiger partial charge in [-0.15, -0.1) is 0 Å². The molecule has 90 valence electrons. The van der Waals surface area contributed by atoms with Gasteiger partial charge in [0.1, 0.15) is 11.3 Å². The van der Waals surface area contributed by atoms with E-state index in [9.17, 15) is 9.59 Å². The van der Waals surface area contributed by atoms with Crippen molar-refractivity contribution in [1.82, 2.24) is 0 Å². The van der Waals surface area contributed by atoms with E-state index < -0.39 is 11.9 Å². The van der Waals surface area contributed by atoms with E-state index in [-0.39, 0.29) is 11.0 Å². The van der Waals surface area contributed by atoms with Crippen LogP contribution in [0.3, 0.4) is 0 Å². The summed E-state index contributed by atoms with van der Waals surface area (Å²) in [6.45, 7) is 0. The number of rotatable bonds is 1. The Labute approximate surface area is 102 Å². The van der Waals surface area contributed by atoms with Gasteiger partial charge in [-0.25, -0.2) is 0 Å². The molecule has 1 aromatic carbocycles. The third kappa shape index (κ3) is 1.46. The van der Waals surface area contributed by atoms with Crippen molar-refractivity contribution >= 4 is 23.0 Å². The van der Waals surface area contributed by atoms with Gasteiger partial charge in [0.2, 0.25) is 0 Å². The number of carboxylic acid groups (broad SMARTS) is 1. The molecule has 1 aliphatic rings. The van der Waals surface area contributed by atoms with E-state index in [4.69, 9.17) is 9.52 Å². The smallest absolute Gasteiger partial charge is 0.311 e. The molecular weight excluding hydrogens is 232 g/mol. The lowest BCUT2D eigenvalue weighted by molar-refractivity contribution is -0.138. The first kappa shape index (κ1) is 10.8. The third-order valence-electron chi connectivity index (χ3n) is 3.15. The first-order chi connectivity index (χ1) is 8.68. The third-order valence-corrected chi connectivity index (χ3v) is 3.15. The van der Waals surface area contributed by atoms with Gasteiger partial charge in [-0.05, 0) is 24.6 Å². The quantitative estimate of drug-likeness (QED) is 0.833. The molecule has 1 aromatic heterocycles. The first-order valence-electron chi connectivity index (χ1n) is 5.63. The van der Waals surface area contributed by atoms with E-state index in [1.165, 1.54) is 0 Å². The van der Waals surface area contributed by atoms with Crippen molar-refractivity contribution in [2.24, 2.45) is 0 Å². The van der Waals surface area contributed by atoms with Crippen molar-refractivity contribution in [3.63, 3.8) is 0 Å². The number of hydrogen-bond acceptors (Lipinski definition) is 3. The Balaban J connectivity index is 2.40. The molecule has 1 atom stereocenters. The number of fused-ring (bicyclic) bond motifs is 2. The maximum atomic E-state index is 12.3. The normalized spacial score (nSPS) is 17.7. The summed E-state index contributed by atoms with van der Waals surface area (Å²) in [5.41, 5.74) is 0.490. The Hall–Kier alpha value is -2.36. The fourth-order valence-corrected chi connectivity index (χ4v) is 2.28. The van der Waals surface area contributed by atoms with Crippen molar-refractivity contribution in [3.05, 3.63) is 51.9 Å². The summed E-state index contributed by atoms with van der Waals surface area (Å²) in [6.07, 6.45) is 3.72. The van der Waals surface area contributed by atoms with Crippen LogP contribution in [-0.2, 0) is 4.79 Å². The second-order valence-corrected chi connectivity index (χ2v) is 4.23. The molecule has 3 rings (SSSR count). The molecule has 2 aromatic rings. The maximum absolute atomic E-state index is 12.3. The average molecular weight is 242 g/mol. The molecule has 0 bridgehead atoms. The minimum atomic E-state index is -0.997. The van der Waals surface area contributed by atoms with Crippen molar-refractivity contribution in [2.45, 2.75) is 12.3 Å². The van der Waals surface area contributed by atoms with Crippen LogP contribution < -0.4 is 5.43 Å². The molecule has 4 nitrogen and oxygen atoms in total. The fraction of sp³-hybridized carbons (Fsp3) is 0.143. The summed E-state index contributed by atoms with van der Waals surface area (Å²) < 4.78 is 5.60. The lowest BCUT2D eigenvalue weighted by Crippen LogP contribution is -2.23. The fourth-order valence-electron chi connectivity index (χ4n) is 2.28. The highest BCUT2D eigenvalue weighted by molar-refractivity contribution is 5.84. The molecule has 0 radical (unpaired) electrons. The van der Waals surface area contributed by atoms with Crippen LogP contribution >= 0.6 is 0 Å². The van der Waals surface area contributed by atoms with Crippen LogP contribution in [-0.4, -0.2) is 11.1 Å². The molecule has 1 heterocycles. The molecule has 1 aliphatic carbocycles. The lowest BCUT2D eigenvalue weighted by Gasteiger charge is -2.16. The maximum Gasteiger partial charge on any atom is 0.311 e. The zero-order chi connectivity index (χ0) is 12.7. The Bertz CT molecular complexity index is 724. The molecule has 0 aliphatic heterocycles. The van der Waals surface area contributed by atoms with Crippen molar-refractivity contribution < 1.29 is 14.3 Å². The van der Waals surface area contributed by atoms with Gasteiger partial charge in [-0.3, -0.25) is 9.59 Å². The van der Waals surface area contributed by atoms with Crippen LogP contribution in [0.4, 0.5) is 0 Å². The zero-order valence-corrected chi connectivity index (χ0v) is 9.42. The van der Waals surface area contributed by atoms with E-state index in [0.29, 0.717) is 23.2 Å². The summed E-state index contributed by atoms with van der Waals surface area (Å²) in [6, 6.07) is 6.87. The Morgan fingerprint density at radius 3 is 2.89 bits per heavy atom. The van der Waals surface area contributed by atoms with Crippen molar-refractivity contribution in [3.8, 4) is 0 Å². The van der Waals surface area contributed by atoms with Crippen molar-refractivity contribution in [1.29, 1.82) is 0 Å². The molecule has 0 saturated carbocycles. The Morgan fingerprint density at radius 1 is 1.33 bits per heavy atom. The van der Waals surface area contributed by atoms with Gasteiger partial charge in [-0.2, -0.15) is 0 Å². The molecule has 18 heavy (non-hydrogen) atoms. The summed E-state index contributed by atoms with van der Waals surface area (Å²) in [5, 5.41) is 9.60. The van der Waals surface area contributed by atoms with Gasteiger partial charge in [0.25, 0.3) is 0 Å². The van der Waals surface area contributed by atoms with Gasteiger partial charge in [0.05, 0.1) is 16.9 Å². The predicted octanol–water partition coefficient (Wildman–Crippen LogP) is 2.38. The standard InChI is InChI=1S/C14H10O4/c15-13-8-4-1-2-6-10(8)18-11-7-3-5-9(12(11)13)14(16)17/h1-4,6-7,9H,5H2,(H,16,17). The lowest BCUT2D eigenvalue weighted by atomic mass is 9.89. The monoisotopic (exact) mass is 242 g/mol. The van der Waals surface area contributed by atoms with Crippen LogP contribution in [0.1, 0.15) is 23.7 Å². The molecule has 0 spiro atoms. The highest BCUT2D eigenvalue weighted by Gasteiger charge is 2.28. The van der Waals surface area contributed by atoms with Gasteiger partial charge < -0.3 is 9.52 Å². The number of aliphatic carboxylic acids is 1. The highest BCUT2D eigenvalue weighted by atomic mass is 16.4. The number of carboxylic acids is 1. The topological polar surface area (TPSA) is 67.5 Å². The van der Waals surface area contributed by atoms with Crippen LogP contribution in [0, 0.1) is 0 Å². The largest absolute Gasteiger partial charge is 0.481 e. The first-order valence-corrected chi connectivity index (χ1v) is 5.63. The second-order valence-electron chi connectivity index (χ2n) is 4.23. The number of carbonyl (C=O) groups is 1. The van der Waals surface area contributed by atoms with Crippen LogP contribution in [0.5, 0.6) is 0 Å². The average Bonchev–Trinajstić information content (AvgIpc) is 2.38. The molecule has 1 unspecified atom stereocenters. The van der Waals surface area contributed by atoms with E-state index in [1.807, 2.05) is 0 Å². The number of para-hydroxylation sites is 1. The van der Waals surface area contributed by atoms with E-state index in [2.05, 4.69) is 0 Å². The van der Waals surface area contributed by atoms with Gasteiger partial charge in [0, 0.05) is 0 Å². The minimum Gasteiger partial charge on any atom is -0.481 e. The SMILES string of the molecule is O=C(O)C1CC=Cc2oc3ccccc3c(=O)c21. The summed E-state index contributed by atoms with van der Waals surface area (Å²) >= 11 is 0. The van der Waals surface area contributed by atoms with Gasteiger partial charge >= 0.3 is 5.97 Å². The summed E-state index contributed by atoms with van der Waals surface area (Å²) in [5.74, 6) is -1.45. The number of benzene rings is 1. The van der Waals surface area contributed by atoms with Gasteiger partial charge in [-0.1, -0.05) is 18.2 Å². The van der Waals surface area contributed by atoms with Crippen molar-refractivity contribution in [2.75, 3.05) is 0 Å². The Kier molecular flexibility index (Phi) is 2.30. The predicted molar refractivity (Wildman–Crippen MR) is 66.5 cm³/mol. The Morgan fingerprint density at radius 2 is 2.11 bits per heavy atom. The van der Waals surface area contributed by atoms with Crippen LogP contribution in [0.15, 0.2) is 39.6 Å². The molecule has 0 fully saturated rings. The van der Waals surface area contributed by atoms with Crippen LogP contribution in [0.2, 0.25) is 0 Å². The molecule has 0 amide bonds. The van der Waals surface area contributed by atoms with Gasteiger partial charge in [0.15, 0.2) is 5.43 Å². The molecule has 0 saturated heterocycles. The molecule has 1 N–H and O–H groups in total. The molecular formula is C14H10O4. The highest BCUT2D eigenvalue weighted by Crippen LogP contribution is 2.29. The number of allylic oxidation sites excluding steroid dienone is 1. The van der Waals surface area contributed by atoms with E-state index in [1.54, 1.807) is 36.4 Å².